The van der Waals surface area contributed by atoms with E-state index in [1.807, 2.05) is 28.5 Å². The molecule has 0 atom stereocenters. The lowest BCUT2D eigenvalue weighted by Gasteiger charge is -2.31. The Balaban J connectivity index is 1.30. The van der Waals surface area contributed by atoms with Crippen molar-refractivity contribution in [1.82, 2.24) is 15.2 Å². The van der Waals surface area contributed by atoms with E-state index in [1.54, 1.807) is 23.7 Å². The molecule has 1 aliphatic heterocycles. The first kappa shape index (κ1) is 16.0. The third-order valence-corrected chi connectivity index (χ3v) is 5.49. The van der Waals surface area contributed by atoms with Gasteiger partial charge in [0, 0.05) is 24.4 Å². The monoisotopic (exact) mass is 357 g/mol. The molecule has 1 aliphatic rings. The Hall–Kier alpha value is -2.54. The molecule has 0 aromatic carbocycles. The van der Waals surface area contributed by atoms with Crippen molar-refractivity contribution in [3.8, 4) is 0 Å². The van der Waals surface area contributed by atoms with Gasteiger partial charge < -0.3 is 19.6 Å². The van der Waals surface area contributed by atoms with Gasteiger partial charge in [-0.3, -0.25) is 9.59 Å². The van der Waals surface area contributed by atoms with Crippen LogP contribution in [0.2, 0.25) is 0 Å². The van der Waals surface area contributed by atoms with Crippen molar-refractivity contribution in [3.05, 3.63) is 47.4 Å². The fourth-order valence-corrected chi connectivity index (χ4v) is 3.99. The van der Waals surface area contributed by atoms with Gasteiger partial charge in [0.2, 0.25) is 5.91 Å². The summed E-state index contributed by atoms with van der Waals surface area (Å²) in [6, 6.07) is 7.54. The van der Waals surface area contributed by atoms with Crippen LogP contribution in [-0.4, -0.2) is 34.8 Å². The SMILES string of the molecule is O=C(NCc1ccco1)C1CCN(C(=O)c2cc3ccsc3[nH]2)CC1. The maximum absolute atomic E-state index is 12.6. The first-order valence-electron chi connectivity index (χ1n) is 8.36. The van der Waals surface area contributed by atoms with Crippen LogP contribution in [0, 0.1) is 5.92 Å². The van der Waals surface area contributed by atoms with Gasteiger partial charge >= 0.3 is 0 Å². The minimum atomic E-state index is -0.0499. The lowest BCUT2D eigenvalue weighted by Crippen LogP contribution is -2.43. The summed E-state index contributed by atoms with van der Waals surface area (Å²) >= 11 is 1.59. The molecule has 25 heavy (non-hydrogen) atoms. The molecule has 4 heterocycles. The summed E-state index contributed by atoms with van der Waals surface area (Å²) in [5.41, 5.74) is 0.627. The summed E-state index contributed by atoms with van der Waals surface area (Å²) in [5, 5.41) is 5.98. The van der Waals surface area contributed by atoms with E-state index in [0.29, 0.717) is 38.2 Å². The first-order valence-corrected chi connectivity index (χ1v) is 9.24. The number of nitrogens with zero attached hydrogens (tertiary/aromatic N) is 1. The highest BCUT2D eigenvalue weighted by atomic mass is 32.1. The number of furan rings is 1. The van der Waals surface area contributed by atoms with Crippen LogP contribution in [0.25, 0.3) is 10.2 Å². The number of fused-ring (bicyclic) bond motifs is 1. The summed E-state index contributed by atoms with van der Waals surface area (Å²) in [6.07, 6.45) is 2.96. The third-order valence-electron chi connectivity index (χ3n) is 4.64. The molecule has 3 aromatic heterocycles. The second-order valence-corrected chi connectivity index (χ2v) is 7.17. The fourth-order valence-electron chi connectivity index (χ4n) is 3.21. The summed E-state index contributed by atoms with van der Waals surface area (Å²) in [5.74, 6) is 0.737. The van der Waals surface area contributed by atoms with Gasteiger partial charge in [0.05, 0.1) is 12.8 Å². The number of amides is 2. The van der Waals surface area contributed by atoms with Gasteiger partial charge in [0.1, 0.15) is 16.3 Å². The minimum absolute atomic E-state index is 0.0119. The predicted molar refractivity (Wildman–Crippen MR) is 95.4 cm³/mol. The summed E-state index contributed by atoms with van der Waals surface area (Å²) in [7, 11) is 0. The Morgan fingerprint density at radius 3 is 2.88 bits per heavy atom. The number of H-pyrrole nitrogens is 1. The zero-order valence-electron chi connectivity index (χ0n) is 13.7. The molecule has 0 radical (unpaired) electrons. The van der Waals surface area contributed by atoms with E-state index >= 15 is 0 Å². The number of nitrogens with one attached hydrogen (secondary N) is 2. The topological polar surface area (TPSA) is 78.3 Å². The molecule has 3 aromatic rings. The quantitative estimate of drug-likeness (QED) is 0.753. The molecule has 0 bridgehead atoms. The van der Waals surface area contributed by atoms with Crippen LogP contribution >= 0.6 is 11.3 Å². The molecule has 1 fully saturated rings. The summed E-state index contributed by atoms with van der Waals surface area (Å²) in [6.45, 7) is 1.61. The maximum Gasteiger partial charge on any atom is 0.270 e. The molecule has 0 unspecified atom stereocenters. The van der Waals surface area contributed by atoms with Crippen molar-refractivity contribution >= 4 is 33.4 Å². The van der Waals surface area contributed by atoms with Gasteiger partial charge in [-0.05, 0) is 42.5 Å². The van der Waals surface area contributed by atoms with E-state index in [2.05, 4.69) is 10.3 Å². The molecular formula is C18H19N3O3S. The molecule has 7 heteroatoms. The zero-order chi connectivity index (χ0) is 17.2. The standard InChI is InChI=1S/C18H19N3O3S/c22-16(19-11-14-2-1-8-24-14)12-3-6-21(7-4-12)18(23)15-10-13-5-9-25-17(13)20-15/h1-2,5,8-10,12,20H,3-4,6-7,11H2,(H,19,22). The molecule has 2 N–H and O–H groups in total. The van der Waals surface area contributed by atoms with E-state index in [9.17, 15) is 9.59 Å². The van der Waals surface area contributed by atoms with Crippen LogP contribution in [-0.2, 0) is 11.3 Å². The third kappa shape index (κ3) is 3.32. The highest BCUT2D eigenvalue weighted by Gasteiger charge is 2.28. The number of hydrogen-bond donors (Lipinski definition) is 2. The van der Waals surface area contributed by atoms with Crippen molar-refractivity contribution in [2.75, 3.05) is 13.1 Å². The number of carbonyl (C=O) groups is 2. The largest absolute Gasteiger partial charge is 0.467 e. The molecule has 4 rings (SSSR count). The van der Waals surface area contributed by atoms with Crippen LogP contribution in [0.5, 0.6) is 0 Å². The van der Waals surface area contributed by atoms with Crippen molar-refractivity contribution in [2.45, 2.75) is 19.4 Å². The molecule has 0 saturated carbocycles. The summed E-state index contributed by atoms with van der Waals surface area (Å²) < 4.78 is 5.22. The average molecular weight is 357 g/mol. The first-order chi connectivity index (χ1) is 12.2. The van der Waals surface area contributed by atoms with Crippen molar-refractivity contribution < 1.29 is 14.0 Å². The second kappa shape index (κ2) is 6.76. The van der Waals surface area contributed by atoms with Gasteiger partial charge in [-0.1, -0.05) is 0 Å². The van der Waals surface area contributed by atoms with Gasteiger partial charge in [0.25, 0.3) is 5.91 Å². The Morgan fingerprint density at radius 2 is 2.16 bits per heavy atom. The average Bonchev–Trinajstić information content (AvgIpc) is 3.36. The lowest BCUT2D eigenvalue weighted by molar-refractivity contribution is -0.126. The molecule has 1 saturated heterocycles. The van der Waals surface area contributed by atoms with Crippen LogP contribution in [0.4, 0.5) is 0 Å². The van der Waals surface area contributed by atoms with Crippen molar-refractivity contribution in [1.29, 1.82) is 0 Å². The lowest BCUT2D eigenvalue weighted by atomic mass is 9.95. The van der Waals surface area contributed by atoms with Crippen LogP contribution in [0.15, 0.2) is 40.3 Å². The number of aromatic amines is 1. The van der Waals surface area contributed by atoms with Gasteiger partial charge in [-0.15, -0.1) is 11.3 Å². The van der Waals surface area contributed by atoms with Crippen LogP contribution < -0.4 is 5.32 Å². The number of piperidine rings is 1. The highest BCUT2D eigenvalue weighted by molar-refractivity contribution is 7.16. The number of rotatable bonds is 4. The maximum atomic E-state index is 12.6. The number of thiophene rings is 1. The van der Waals surface area contributed by atoms with Crippen molar-refractivity contribution in [3.63, 3.8) is 0 Å². The molecular weight excluding hydrogens is 338 g/mol. The van der Waals surface area contributed by atoms with Gasteiger partial charge in [-0.2, -0.15) is 0 Å². The van der Waals surface area contributed by atoms with Crippen LogP contribution in [0.3, 0.4) is 0 Å². The number of aromatic nitrogens is 1. The Labute approximate surface area is 148 Å². The molecule has 0 spiro atoms. The Bertz CT molecular complexity index is 844. The van der Waals surface area contributed by atoms with E-state index < -0.39 is 0 Å². The van der Waals surface area contributed by atoms with Crippen LogP contribution in [0.1, 0.15) is 29.1 Å². The smallest absolute Gasteiger partial charge is 0.270 e. The Kier molecular flexibility index (Phi) is 4.31. The molecule has 0 aliphatic carbocycles. The fraction of sp³-hybridized carbons (Fsp3) is 0.333. The second-order valence-electron chi connectivity index (χ2n) is 6.25. The normalized spacial score (nSPS) is 15.6. The number of likely N-dealkylation sites (tertiary alicyclic amines) is 1. The zero-order valence-corrected chi connectivity index (χ0v) is 14.5. The van der Waals surface area contributed by atoms with E-state index in [4.69, 9.17) is 4.42 Å². The van der Waals surface area contributed by atoms with E-state index in [0.717, 1.165) is 16.0 Å². The minimum Gasteiger partial charge on any atom is -0.467 e. The van der Waals surface area contributed by atoms with Gasteiger partial charge in [0.15, 0.2) is 0 Å². The number of carbonyl (C=O) groups excluding carboxylic acids is 2. The predicted octanol–water partition coefficient (Wildman–Crippen LogP) is 2.99. The van der Waals surface area contributed by atoms with E-state index in [-0.39, 0.29) is 17.7 Å². The Morgan fingerprint density at radius 1 is 1.32 bits per heavy atom. The van der Waals surface area contributed by atoms with E-state index in [1.165, 1.54) is 0 Å². The molecule has 6 nitrogen and oxygen atoms in total. The van der Waals surface area contributed by atoms with Crippen molar-refractivity contribution in [2.24, 2.45) is 5.92 Å². The number of hydrogen-bond acceptors (Lipinski definition) is 4. The molecule has 2 amide bonds. The summed E-state index contributed by atoms with van der Waals surface area (Å²) in [4.78, 5) is 30.9. The van der Waals surface area contributed by atoms with Gasteiger partial charge in [-0.25, -0.2) is 0 Å². The highest BCUT2D eigenvalue weighted by Crippen LogP contribution is 2.24. The molecule has 130 valence electrons.